The fourth-order valence-corrected chi connectivity index (χ4v) is 3.32. The first-order valence-electron chi connectivity index (χ1n) is 7.59. The molecule has 3 atom stereocenters. The molecule has 0 spiro atoms. The van der Waals surface area contributed by atoms with E-state index in [1.165, 1.54) is 11.8 Å². The molecule has 2 heterocycles. The highest BCUT2D eigenvalue weighted by molar-refractivity contribution is 5.92. The van der Waals surface area contributed by atoms with Crippen molar-refractivity contribution in [3.05, 3.63) is 58.4 Å². The van der Waals surface area contributed by atoms with Gasteiger partial charge in [0.05, 0.1) is 11.8 Å². The van der Waals surface area contributed by atoms with E-state index in [-0.39, 0.29) is 24.0 Å². The molecule has 5 nitrogen and oxygen atoms in total. The molecule has 0 radical (unpaired) electrons. The number of fused-ring (bicyclic) bond motifs is 3. The van der Waals surface area contributed by atoms with Crippen LogP contribution in [0.25, 0.3) is 0 Å². The van der Waals surface area contributed by atoms with Gasteiger partial charge in [0.25, 0.3) is 6.29 Å². The van der Waals surface area contributed by atoms with E-state index in [1.54, 1.807) is 13.8 Å². The molecule has 5 heteroatoms. The Balaban J connectivity index is 1.57. The molecular formula is C18H16O5. The Kier molecular flexibility index (Phi) is 3.04. The van der Waals surface area contributed by atoms with Crippen LogP contribution in [0.15, 0.2) is 47.2 Å². The minimum atomic E-state index is -0.759. The summed E-state index contributed by atoms with van der Waals surface area (Å²) in [6.07, 6.45) is 1.16. The normalized spacial score (nSPS) is 30.3. The minimum absolute atomic E-state index is 0.0395. The van der Waals surface area contributed by atoms with Crippen LogP contribution in [-0.2, 0) is 30.2 Å². The third-order valence-electron chi connectivity index (χ3n) is 4.82. The average molecular weight is 312 g/mol. The lowest BCUT2D eigenvalue weighted by atomic mass is 9.98. The van der Waals surface area contributed by atoms with Gasteiger partial charge >= 0.3 is 11.9 Å². The van der Waals surface area contributed by atoms with Gasteiger partial charge in [-0.3, -0.25) is 0 Å². The van der Waals surface area contributed by atoms with Crippen LogP contribution in [0.4, 0.5) is 0 Å². The Hall–Kier alpha value is -2.56. The topological polar surface area (TPSA) is 61.8 Å². The Morgan fingerprint density at radius 2 is 1.91 bits per heavy atom. The zero-order valence-electron chi connectivity index (χ0n) is 12.9. The number of rotatable bonds is 2. The van der Waals surface area contributed by atoms with E-state index in [0.717, 1.165) is 17.6 Å². The highest BCUT2D eigenvalue weighted by atomic mass is 16.7. The van der Waals surface area contributed by atoms with Crippen molar-refractivity contribution in [2.45, 2.75) is 32.7 Å². The average Bonchev–Trinajstić information content (AvgIpc) is 3.12. The summed E-state index contributed by atoms with van der Waals surface area (Å²) >= 11 is 0. The number of hydrogen-bond acceptors (Lipinski definition) is 5. The van der Waals surface area contributed by atoms with Crippen molar-refractivity contribution in [2.75, 3.05) is 0 Å². The first-order chi connectivity index (χ1) is 11.1. The first-order valence-corrected chi connectivity index (χ1v) is 7.59. The summed E-state index contributed by atoms with van der Waals surface area (Å²) in [5.41, 5.74) is 4.03. The van der Waals surface area contributed by atoms with Gasteiger partial charge in [-0.15, -0.1) is 0 Å². The number of hydrogen-bond donors (Lipinski definition) is 0. The predicted octanol–water partition coefficient (Wildman–Crippen LogP) is 2.58. The predicted molar refractivity (Wildman–Crippen MR) is 79.9 cm³/mol. The molecule has 2 aliphatic heterocycles. The summed E-state index contributed by atoms with van der Waals surface area (Å²) in [5, 5.41) is 0. The van der Waals surface area contributed by atoms with Crippen LogP contribution in [0.2, 0.25) is 0 Å². The fraction of sp³-hybridized carbons (Fsp3) is 0.333. The third-order valence-corrected chi connectivity index (χ3v) is 4.82. The molecule has 1 aromatic carbocycles. The van der Waals surface area contributed by atoms with E-state index in [9.17, 15) is 9.59 Å². The maximum Gasteiger partial charge on any atom is 0.338 e. The molecule has 0 aromatic heterocycles. The number of ether oxygens (including phenoxy) is 3. The zero-order valence-corrected chi connectivity index (χ0v) is 12.9. The van der Waals surface area contributed by atoms with Gasteiger partial charge in [-0.05, 0) is 31.4 Å². The van der Waals surface area contributed by atoms with Crippen LogP contribution in [0, 0.1) is 5.92 Å². The second kappa shape index (κ2) is 4.98. The van der Waals surface area contributed by atoms with E-state index in [0.29, 0.717) is 11.1 Å². The molecule has 0 N–H and O–H groups in total. The molecule has 1 aromatic rings. The van der Waals surface area contributed by atoms with E-state index in [2.05, 4.69) is 6.07 Å². The second-order valence-electron chi connectivity index (χ2n) is 6.09. The van der Waals surface area contributed by atoms with Gasteiger partial charge in [0.15, 0.2) is 0 Å². The van der Waals surface area contributed by atoms with E-state index >= 15 is 0 Å². The Morgan fingerprint density at radius 3 is 2.65 bits per heavy atom. The van der Waals surface area contributed by atoms with Crippen molar-refractivity contribution in [1.29, 1.82) is 0 Å². The monoisotopic (exact) mass is 312 g/mol. The highest BCUT2D eigenvalue weighted by Gasteiger charge is 2.46. The van der Waals surface area contributed by atoms with Crippen LogP contribution in [0.1, 0.15) is 31.1 Å². The number of cyclic esters (lactones) is 1. The van der Waals surface area contributed by atoms with E-state index in [1.807, 2.05) is 18.2 Å². The number of esters is 2. The lowest BCUT2D eigenvalue weighted by Crippen LogP contribution is -2.14. The van der Waals surface area contributed by atoms with E-state index < -0.39 is 6.29 Å². The molecule has 4 rings (SSSR count). The third kappa shape index (κ3) is 2.07. The van der Waals surface area contributed by atoms with Gasteiger partial charge in [-0.1, -0.05) is 24.3 Å². The molecule has 0 saturated carbocycles. The van der Waals surface area contributed by atoms with Crippen LogP contribution >= 0.6 is 0 Å². The molecule has 1 saturated heterocycles. The Labute approximate surface area is 133 Å². The largest absolute Gasteiger partial charge is 0.458 e. The molecule has 23 heavy (non-hydrogen) atoms. The van der Waals surface area contributed by atoms with Crippen molar-refractivity contribution < 1.29 is 23.8 Å². The Bertz CT molecular complexity index is 773. The standard InChI is InChI=1S/C18H16O5/c1-9-10(2)18(23-16(9)19)21-8-14-13-7-11-5-3-4-6-12(11)15(13)22-17(14)20/h3-6,8,13,15,18H,7H2,1-2H3/b14-8+/t13-,15-,18+/m1/s1. The van der Waals surface area contributed by atoms with Gasteiger partial charge in [-0.2, -0.15) is 0 Å². The summed E-state index contributed by atoms with van der Waals surface area (Å²) in [5.74, 6) is -0.786. The number of carbonyl (C=O) groups excluding carboxylic acids is 2. The van der Waals surface area contributed by atoms with Crippen LogP contribution < -0.4 is 0 Å². The van der Waals surface area contributed by atoms with Crippen molar-refractivity contribution in [3.8, 4) is 0 Å². The van der Waals surface area contributed by atoms with Gasteiger partial charge in [0.1, 0.15) is 6.10 Å². The van der Waals surface area contributed by atoms with Crippen LogP contribution in [0.3, 0.4) is 0 Å². The van der Waals surface area contributed by atoms with Crippen molar-refractivity contribution in [2.24, 2.45) is 5.92 Å². The SMILES string of the molecule is CC1=C(C)[C@@H](O/C=C2/C(=O)O[C@@H]3c4ccccc4C[C@H]23)OC1=O. The maximum absolute atomic E-state index is 12.1. The lowest BCUT2D eigenvalue weighted by molar-refractivity contribution is -0.153. The van der Waals surface area contributed by atoms with Gasteiger partial charge < -0.3 is 14.2 Å². The summed E-state index contributed by atoms with van der Waals surface area (Å²) in [7, 11) is 0. The summed E-state index contributed by atoms with van der Waals surface area (Å²) in [6, 6.07) is 7.97. The number of benzene rings is 1. The van der Waals surface area contributed by atoms with Gasteiger partial charge in [-0.25, -0.2) is 9.59 Å². The van der Waals surface area contributed by atoms with Crippen LogP contribution in [0.5, 0.6) is 0 Å². The van der Waals surface area contributed by atoms with Gasteiger partial charge in [0, 0.05) is 17.1 Å². The van der Waals surface area contributed by atoms with Crippen molar-refractivity contribution in [1.82, 2.24) is 0 Å². The molecule has 0 bridgehead atoms. The summed E-state index contributed by atoms with van der Waals surface area (Å²) < 4.78 is 16.2. The number of carbonyl (C=O) groups is 2. The molecule has 0 amide bonds. The smallest absolute Gasteiger partial charge is 0.338 e. The maximum atomic E-state index is 12.1. The van der Waals surface area contributed by atoms with Crippen LogP contribution in [-0.4, -0.2) is 18.2 Å². The molecule has 1 aliphatic carbocycles. The van der Waals surface area contributed by atoms with Crippen molar-refractivity contribution >= 4 is 11.9 Å². The first kappa shape index (κ1) is 14.1. The molecule has 118 valence electrons. The summed E-state index contributed by atoms with van der Waals surface area (Å²) in [4.78, 5) is 23.6. The molecule has 1 fully saturated rings. The van der Waals surface area contributed by atoms with E-state index in [4.69, 9.17) is 14.2 Å². The highest BCUT2D eigenvalue weighted by Crippen LogP contribution is 2.47. The Morgan fingerprint density at radius 1 is 1.13 bits per heavy atom. The van der Waals surface area contributed by atoms with Gasteiger partial charge in [0.2, 0.25) is 0 Å². The lowest BCUT2D eigenvalue weighted by Gasteiger charge is -2.12. The fourth-order valence-electron chi connectivity index (χ4n) is 3.32. The summed E-state index contributed by atoms with van der Waals surface area (Å²) in [6.45, 7) is 3.48. The molecule has 0 unspecified atom stereocenters. The molecule has 3 aliphatic rings. The minimum Gasteiger partial charge on any atom is -0.458 e. The van der Waals surface area contributed by atoms with Crippen molar-refractivity contribution in [3.63, 3.8) is 0 Å². The second-order valence-corrected chi connectivity index (χ2v) is 6.09. The quantitative estimate of drug-likeness (QED) is 0.477. The zero-order chi connectivity index (χ0) is 16.1. The molecular weight excluding hydrogens is 296 g/mol.